The summed E-state index contributed by atoms with van der Waals surface area (Å²) >= 11 is 0. The number of hydrogen-bond donors (Lipinski definition) is 2. The van der Waals surface area contributed by atoms with Gasteiger partial charge in [-0.2, -0.15) is 0 Å². The quantitative estimate of drug-likeness (QED) is 0.340. The first-order valence-corrected chi connectivity index (χ1v) is 1.57. The van der Waals surface area contributed by atoms with Gasteiger partial charge >= 0.3 is 0 Å². The van der Waals surface area contributed by atoms with Gasteiger partial charge in [0.1, 0.15) is 0 Å². The van der Waals surface area contributed by atoms with Crippen LogP contribution in [0.4, 0.5) is 13.2 Å². The molecule has 6 heteroatoms. The van der Waals surface area contributed by atoms with Crippen LogP contribution in [-0.4, -0.2) is 12.7 Å². The molecule has 0 aromatic rings. The zero-order valence-electron chi connectivity index (χ0n) is 3.77. The Hall–Kier alpha value is -0.0000000000000000555. The minimum Gasteiger partial charge on any atom is -0.269 e. The molecule has 2 nitrogen and oxygen atoms in total. The molecule has 8 heavy (non-hydrogen) atoms. The van der Waals surface area contributed by atoms with Crippen molar-refractivity contribution in [2.75, 3.05) is 0 Å². The Morgan fingerprint density at radius 3 is 1.62 bits per heavy atom. The minimum atomic E-state index is -3.04. The third kappa shape index (κ3) is 4.17. The van der Waals surface area contributed by atoms with Gasteiger partial charge in [0.05, 0.1) is 0 Å². The van der Waals surface area contributed by atoms with Crippen LogP contribution in [0.3, 0.4) is 0 Å². The summed E-state index contributed by atoms with van der Waals surface area (Å²) < 4.78 is 33.1. The van der Waals surface area contributed by atoms with Crippen LogP contribution in [-0.2, 0) is 0 Å². The van der Waals surface area contributed by atoms with Gasteiger partial charge in [-0.25, -0.2) is 18.6 Å². The summed E-state index contributed by atoms with van der Waals surface area (Å²) in [6.45, 7) is 0. The maximum Gasteiger partial charge on any atom is 0.283 e. The zero-order chi connectivity index (χ0) is 5.86. The number of hydrogen-bond acceptors (Lipinski definition) is 2. The molecule has 0 aromatic heterocycles. The van der Waals surface area contributed by atoms with Crippen LogP contribution in [0.5, 0.6) is 0 Å². The molecule has 0 radical (unpaired) electrons. The Labute approximate surface area is 50.6 Å². The van der Waals surface area contributed by atoms with Crippen molar-refractivity contribution in [1.29, 1.82) is 0 Å². The normalized spacial score (nSPS) is 13.1. The fraction of sp³-hybridized carbons (Fsp3) is 1.00. The summed E-state index contributed by atoms with van der Waals surface area (Å²) in [5.74, 6) is 4.27. The molecule has 0 fully saturated rings. The van der Waals surface area contributed by atoms with E-state index in [4.69, 9.17) is 0 Å². The SMILES string of the molecule is Cl.NNC(F)C(F)F. The molecule has 52 valence electrons. The van der Waals surface area contributed by atoms with E-state index in [0.717, 1.165) is 0 Å². The van der Waals surface area contributed by atoms with Gasteiger partial charge < -0.3 is 0 Å². The second-order valence-electron chi connectivity index (χ2n) is 0.903. The average molecular weight is 151 g/mol. The number of hydrazine groups is 1. The summed E-state index contributed by atoms with van der Waals surface area (Å²) in [6.07, 6.45) is -5.44. The second kappa shape index (κ2) is 5.14. The van der Waals surface area contributed by atoms with Crippen LogP contribution in [0, 0.1) is 0 Å². The highest BCUT2D eigenvalue weighted by Gasteiger charge is 2.15. The molecule has 0 heterocycles. The van der Waals surface area contributed by atoms with Crippen molar-refractivity contribution in [2.24, 2.45) is 5.84 Å². The number of rotatable bonds is 2. The first kappa shape index (κ1) is 10.9. The van der Waals surface area contributed by atoms with Crippen molar-refractivity contribution < 1.29 is 13.2 Å². The van der Waals surface area contributed by atoms with Crippen molar-refractivity contribution in [3.05, 3.63) is 0 Å². The molecular formula is C2H6ClF3N2. The monoisotopic (exact) mass is 150 g/mol. The van der Waals surface area contributed by atoms with Crippen LogP contribution in [0.1, 0.15) is 0 Å². The molecule has 0 aliphatic heterocycles. The van der Waals surface area contributed by atoms with E-state index in [1.807, 2.05) is 0 Å². The molecule has 3 N–H and O–H groups in total. The molecule has 1 atom stereocenters. The summed E-state index contributed by atoms with van der Waals surface area (Å²) in [5, 5.41) is 0. The molecule has 0 saturated heterocycles. The van der Waals surface area contributed by atoms with Gasteiger partial charge in [-0.1, -0.05) is 0 Å². The summed E-state index contributed by atoms with van der Waals surface area (Å²) in [4.78, 5) is 0. The molecule has 0 aromatic carbocycles. The highest BCUT2D eigenvalue weighted by atomic mass is 35.5. The van der Waals surface area contributed by atoms with Crippen molar-refractivity contribution in [1.82, 2.24) is 5.43 Å². The predicted molar refractivity (Wildman–Crippen MR) is 25.5 cm³/mol. The van der Waals surface area contributed by atoms with Crippen molar-refractivity contribution >= 4 is 12.4 Å². The smallest absolute Gasteiger partial charge is 0.269 e. The zero-order valence-corrected chi connectivity index (χ0v) is 4.59. The van der Waals surface area contributed by atoms with E-state index in [1.54, 1.807) is 0 Å². The minimum absolute atomic E-state index is 0. The molecule has 0 rings (SSSR count). The van der Waals surface area contributed by atoms with Crippen LogP contribution < -0.4 is 11.3 Å². The van der Waals surface area contributed by atoms with Crippen molar-refractivity contribution in [3.63, 3.8) is 0 Å². The Morgan fingerprint density at radius 1 is 1.25 bits per heavy atom. The highest BCUT2D eigenvalue weighted by molar-refractivity contribution is 5.85. The standard InChI is InChI=1S/C2H5F3N2.ClH/c3-1(4)2(5)7-6;/h1-2,7H,6H2;1H. The van der Waals surface area contributed by atoms with Gasteiger partial charge in [0.25, 0.3) is 6.43 Å². The van der Waals surface area contributed by atoms with Crippen LogP contribution in [0.25, 0.3) is 0 Å². The Kier molecular flexibility index (Phi) is 7.00. The number of nitrogens with two attached hydrogens (primary N) is 1. The maximum absolute atomic E-state index is 11.3. The van der Waals surface area contributed by atoms with E-state index < -0.39 is 12.7 Å². The van der Waals surface area contributed by atoms with E-state index in [0.29, 0.717) is 0 Å². The van der Waals surface area contributed by atoms with Crippen LogP contribution >= 0.6 is 12.4 Å². The lowest BCUT2D eigenvalue weighted by atomic mass is 10.7. The molecule has 0 spiro atoms. The summed E-state index contributed by atoms with van der Waals surface area (Å²) in [7, 11) is 0. The first-order chi connectivity index (χ1) is 3.18. The molecule has 0 amide bonds. The lowest BCUT2D eigenvalue weighted by molar-refractivity contribution is 0.0310. The number of alkyl halides is 3. The number of halogens is 4. The average Bonchev–Trinajstić information content (AvgIpc) is 1.65. The van der Waals surface area contributed by atoms with Crippen LogP contribution in [0.15, 0.2) is 0 Å². The first-order valence-electron chi connectivity index (χ1n) is 1.57. The summed E-state index contributed by atoms with van der Waals surface area (Å²) in [5.41, 5.74) is 1.25. The van der Waals surface area contributed by atoms with Gasteiger partial charge in [-0.15, -0.1) is 12.4 Å². The molecule has 0 bridgehead atoms. The third-order valence-electron chi connectivity index (χ3n) is 0.380. The molecular weight excluding hydrogens is 144 g/mol. The molecule has 0 aliphatic rings. The molecule has 0 aliphatic carbocycles. The largest absolute Gasteiger partial charge is 0.283 e. The van der Waals surface area contributed by atoms with Crippen molar-refractivity contribution in [2.45, 2.75) is 12.7 Å². The van der Waals surface area contributed by atoms with E-state index in [1.165, 1.54) is 5.43 Å². The lowest BCUT2D eigenvalue weighted by Crippen LogP contribution is -2.36. The molecule has 0 saturated carbocycles. The second-order valence-corrected chi connectivity index (χ2v) is 0.903. The third-order valence-corrected chi connectivity index (χ3v) is 0.380. The van der Waals surface area contributed by atoms with E-state index in [-0.39, 0.29) is 12.4 Å². The fourth-order valence-corrected chi connectivity index (χ4v) is 0.0727. The van der Waals surface area contributed by atoms with Crippen LogP contribution in [0.2, 0.25) is 0 Å². The van der Waals surface area contributed by atoms with Gasteiger partial charge in [0.2, 0.25) is 6.30 Å². The van der Waals surface area contributed by atoms with Gasteiger partial charge in [-0.05, 0) is 0 Å². The van der Waals surface area contributed by atoms with E-state index in [9.17, 15) is 13.2 Å². The van der Waals surface area contributed by atoms with E-state index in [2.05, 4.69) is 5.84 Å². The Morgan fingerprint density at radius 2 is 1.62 bits per heavy atom. The molecule has 1 unspecified atom stereocenters. The Balaban J connectivity index is 0. The fourth-order valence-electron chi connectivity index (χ4n) is 0.0727. The van der Waals surface area contributed by atoms with Gasteiger partial charge in [0, 0.05) is 0 Å². The van der Waals surface area contributed by atoms with Gasteiger partial charge in [-0.3, -0.25) is 5.84 Å². The summed E-state index contributed by atoms with van der Waals surface area (Å²) in [6, 6.07) is 0. The lowest BCUT2D eigenvalue weighted by Gasteiger charge is -2.01. The number of nitrogens with one attached hydrogen (secondary N) is 1. The topological polar surface area (TPSA) is 38.0 Å². The van der Waals surface area contributed by atoms with Crippen molar-refractivity contribution in [3.8, 4) is 0 Å². The van der Waals surface area contributed by atoms with E-state index >= 15 is 0 Å². The maximum atomic E-state index is 11.3. The highest BCUT2D eigenvalue weighted by Crippen LogP contribution is 1.98. The predicted octanol–water partition coefficient (Wildman–Crippen LogP) is 0.432. The Bertz CT molecular complexity index is 52.5. The van der Waals surface area contributed by atoms with Gasteiger partial charge in [0.15, 0.2) is 0 Å².